The molecule has 6 nitrogen and oxygen atoms in total. The number of rotatable bonds is 5. The van der Waals surface area contributed by atoms with Crippen LogP contribution >= 0.6 is 11.6 Å². The van der Waals surface area contributed by atoms with Crippen LogP contribution in [0.5, 0.6) is 5.75 Å². The predicted molar refractivity (Wildman–Crippen MR) is 81.6 cm³/mol. The summed E-state index contributed by atoms with van der Waals surface area (Å²) in [6, 6.07) is 3.86. The van der Waals surface area contributed by atoms with Crippen molar-refractivity contribution in [3.05, 3.63) is 28.8 Å². The molecule has 1 atom stereocenters. The van der Waals surface area contributed by atoms with Gasteiger partial charge in [0.1, 0.15) is 11.8 Å². The highest BCUT2D eigenvalue weighted by Crippen LogP contribution is 2.29. The highest BCUT2D eigenvalue weighted by Gasteiger charge is 2.28. The summed E-state index contributed by atoms with van der Waals surface area (Å²) in [4.78, 5) is 24.1. The Labute approximate surface area is 133 Å². The molecule has 1 aliphatic rings. The molecule has 1 fully saturated rings. The lowest BCUT2D eigenvalue weighted by Crippen LogP contribution is -2.42. The first-order chi connectivity index (χ1) is 10.5. The number of nitrogens with two attached hydrogens (primary N) is 1. The van der Waals surface area contributed by atoms with Gasteiger partial charge in [-0.1, -0.05) is 11.6 Å². The molecule has 1 unspecified atom stereocenters. The van der Waals surface area contributed by atoms with Gasteiger partial charge in [0.2, 0.25) is 11.8 Å². The number of ether oxygens (including phenoxy) is 2. The van der Waals surface area contributed by atoms with Crippen molar-refractivity contribution in [1.82, 2.24) is 5.32 Å². The van der Waals surface area contributed by atoms with Crippen LogP contribution in [0.2, 0.25) is 5.02 Å². The van der Waals surface area contributed by atoms with Crippen molar-refractivity contribution in [3.8, 4) is 5.75 Å². The van der Waals surface area contributed by atoms with Gasteiger partial charge in [-0.05, 0) is 31.0 Å². The van der Waals surface area contributed by atoms with Crippen LogP contribution in [0.3, 0.4) is 0 Å². The van der Waals surface area contributed by atoms with Crippen LogP contribution in [0.25, 0.3) is 0 Å². The van der Waals surface area contributed by atoms with Gasteiger partial charge in [0.15, 0.2) is 0 Å². The van der Waals surface area contributed by atoms with Crippen molar-refractivity contribution >= 4 is 23.4 Å². The summed E-state index contributed by atoms with van der Waals surface area (Å²) >= 11 is 5.97. The fourth-order valence-corrected chi connectivity index (χ4v) is 2.63. The average Bonchev–Trinajstić information content (AvgIpc) is 2.53. The Kier molecular flexibility index (Phi) is 5.63. The lowest BCUT2D eigenvalue weighted by atomic mass is 9.97. The Hall–Kier alpha value is -1.79. The molecule has 0 radical (unpaired) electrons. The highest BCUT2D eigenvalue weighted by atomic mass is 35.5. The van der Waals surface area contributed by atoms with E-state index in [9.17, 15) is 9.59 Å². The third-order valence-electron chi connectivity index (χ3n) is 3.67. The quantitative estimate of drug-likeness (QED) is 0.856. The minimum absolute atomic E-state index is 0.180. The molecule has 2 amide bonds. The molecule has 1 heterocycles. The number of nitrogens with one attached hydrogen (secondary N) is 1. The summed E-state index contributed by atoms with van der Waals surface area (Å²) in [5.41, 5.74) is 5.89. The maximum atomic E-state index is 12.3. The highest BCUT2D eigenvalue weighted by molar-refractivity contribution is 6.30. The molecule has 0 aliphatic carbocycles. The van der Waals surface area contributed by atoms with Crippen molar-refractivity contribution in [2.75, 3.05) is 20.3 Å². The van der Waals surface area contributed by atoms with E-state index in [1.54, 1.807) is 18.2 Å². The van der Waals surface area contributed by atoms with E-state index in [4.69, 9.17) is 26.8 Å². The Morgan fingerprint density at radius 2 is 2.09 bits per heavy atom. The van der Waals surface area contributed by atoms with E-state index in [1.807, 2.05) is 0 Å². The second kappa shape index (κ2) is 7.47. The predicted octanol–water partition coefficient (Wildman–Crippen LogP) is 1.42. The molecule has 0 aromatic heterocycles. The molecule has 2 rings (SSSR count). The normalized spacial score (nSPS) is 16.8. The zero-order chi connectivity index (χ0) is 16.1. The van der Waals surface area contributed by atoms with E-state index in [0.717, 1.165) is 0 Å². The summed E-state index contributed by atoms with van der Waals surface area (Å²) in [5.74, 6) is -0.614. The third kappa shape index (κ3) is 3.90. The van der Waals surface area contributed by atoms with Crippen molar-refractivity contribution < 1.29 is 19.1 Å². The van der Waals surface area contributed by atoms with Gasteiger partial charge in [0, 0.05) is 29.7 Å². The van der Waals surface area contributed by atoms with Gasteiger partial charge in [-0.25, -0.2) is 0 Å². The van der Waals surface area contributed by atoms with Crippen LogP contribution in [0.1, 0.15) is 24.4 Å². The van der Waals surface area contributed by atoms with Gasteiger partial charge in [-0.3, -0.25) is 9.59 Å². The molecule has 1 aliphatic heterocycles. The zero-order valence-electron chi connectivity index (χ0n) is 12.3. The molecule has 1 aromatic rings. The van der Waals surface area contributed by atoms with E-state index in [1.165, 1.54) is 7.11 Å². The smallest absolute Gasteiger partial charge is 0.244 e. The van der Waals surface area contributed by atoms with Gasteiger partial charge >= 0.3 is 0 Å². The fraction of sp³-hybridized carbons (Fsp3) is 0.467. The van der Waals surface area contributed by atoms with Crippen LogP contribution in [0.15, 0.2) is 18.2 Å². The molecular formula is C15H19ClN2O4. The monoisotopic (exact) mass is 326 g/mol. The van der Waals surface area contributed by atoms with Gasteiger partial charge in [-0.2, -0.15) is 0 Å². The van der Waals surface area contributed by atoms with E-state index in [-0.39, 0.29) is 11.8 Å². The van der Waals surface area contributed by atoms with E-state index >= 15 is 0 Å². The topological polar surface area (TPSA) is 90.7 Å². The number of primary amides is 1. The number of benzene rings is 1. The molecule has 22 heavy (non-hydrogen) atoms. The van der Waals surface area contributed by atoms with E-state index < -0.39 is 11.9 Å². The summed E-state index contributed by atoms with van der Waals surface area (Å²) in [5, 5.41) is 3.13. The molecule has 1 aromatic carbocycles. The molecule has 0 spiro atoms. The third-order valence-corrected chi connectivity index (χ3v) is 3.90. The van der Waals surface area contributed by atoms with Crippen molar-refractivity contribution in [2.45, 2.75) is 18.9 Å². The maximum Gasteiger partial charge on any atom is 0.244 e. The Balaban J connectivity index is 2.21. The van der Waals surface area contributed by atoms with E-state index in [0.29, 0.717) is 42.4 Å². The summed E-state index contributed by atoms with van der Waals surface area (Å²) in [6.07, 6.45) is 1.26. The number of methoxy groups -OCH3 is 1. The second-order valence-corrected chi connectivity index (χ2v) is 5.55. The molecule has 3 N–H and O–H groups in total. The first kappa shape index (κ1) is 16.6. The standard InChI is InChI=1S/C15H19ClN2O4/c1-21-12-3-2-10(16)8-11(12)13(14(17)19)18-15(20)9-4-6-22-7-5-9/h2-3,8-9,13H,4-7H2,1H3,(H2,17,19)(H,18,20). The number of amides is 2. The molecule has 0 saturated carbocycles. The largest absolute Gasteiger partial charge is 0.496 e. The van der Waals surface area contributed by atoms with Crippen molar-refractivity contribution in [1.29, 1.82) is 0 Å². The number of halogens is 1. The minimum atomic E-state index is -0.982. The minimum Gasteiger partial charge on any atom is -0.496 e. The lowest BCUT2D eigenvalue weighted by molar-refractivity contribution is -0.132. The fourth-order valence-electron chi connectivity index (χ4n) is 2.45. The van der Waals surface area contributed by atoms with Crippen LogP contribution in [0, 0.1) is 5.92 Å². The van der Waals surface area contributed by atoms with Gasteiger partial charge in [-0.15, -0.1) is 0 Å². The average molecular weight is 327 g/mol. The second-order valence-electron chi connectivity index (χ2n) is 5.12. The SMILES string of the molecule is COc1ccc(Cl)cc1C(NC(=O)C1CCOCC1)C(N)=O. The van der Waals surface area contributed by atoms with Gasteiger partial charge in [0.25, 0.3) is 0 Å². The number of carbonyl (C=O) groups is 2. The summed E-state index contributed by atoms with van der Waals surface area (Å²) < 4.78 is 10.5. The first-order valence-electron chi connectivity index (χ1n) is 7.03. The van der Waals surface area contributed by atoms with Crippen molar-refractivity contribution in [2.24, 2.45) is 11.7 Å². The Morgan fingerprint density at radius 3 is 2.68 bits per heavy atom. The van der Waals surface area contributed by atoms with Crippen molar-refractivity contribution in [3.63, 3.8) is 0 Å². The molecular weight excluding hydrogens is 308 g/mol. The van der Waals surface area contributed by atoms with Crippen LogP contribution in [-0.2, 0) is 14.3 Å². The number of hydrogen-bond donors (Lipinski definition) is 2. The van der Waals surface area contributed by atoms with Crippen LogP contribution in [-0.4, -0.2) is 32.1 Å². The number of hydrogen-bond acceptors (Lipinski definition) is 4. The van der Waals surface area contributed by atoms with Gasteiger partial charge < -0.3 is 20.5 Å². The van der Waals surface area contributed by atoms with Gasteiger partial charge in [0.05, 0.1) is 7.11 Å². The summed E-state index contributed by atoms with van der Waals surface area (Å²) in [6.45, 7) is 1.08. The maximum absolute atomic E-state index is 12.3. The first-order valence-corrected chi connectivity index (χ1v) is 7.41. The molecule has 1 saturated heterocycles. The van der Waals surface area contributed by atoms with Crippen LogP contribution < -0.4 is 15.8 Å². The molecule has 7 heteroatoms. The zero-order valence-corrected chi connectivity index (χ0v) is 13.1. The lowest BCUT2D eigenvalue weighted by Gasteiger charge is -2.24. The molecule has 120 valence electrons. The summed E-state index contributed by atoms with van der Waals surface area (Å²) in [7, 11) is 1.48. The number of carbonyl (C=O) groups excluding carboxylic acids is 2. The van der Waals surface area contributed by atoms with Crippen LogP contribution in [0.4, 0.5) is 0 Å². The Bertz CT molecular complexity index is 558. The Morgan fingerprint density at radius 1 is 1.41 bits per heavy atom. The molecule has 0 bridgehead atoms. The van der Waals surface area contributed by atoms with E-state index in [2.05, 4.69) is 5.32 Å².